The summed E-state index contributed by atoms with van der Waals surface area (Å²) in [5.41, 5.74) is 1.28. The number of hydrogen-bond acceptors (Lipinski definition) is 2. The fourth-order valence-corrected chi connectivity index (χ4v) is 2.82. The van der Waals surface area contributed by atoms with Crippen LogP contribution in [0.4, 0.5) is 5.82 Å². The minimum atomic E-state index is 0.0505. The Hall–Kier alpha value is -0.760. The molecule has 1 fully saturated rings. The molecule has 0 bridgehead atoms. The van der Waals surface area contributed by atoms with Gasteiger partial charge in [0.25, 0.3) is 0 Å². The van der Waals surface area contributed by atoms with Gasteiger partial charge in [0.05, 0.1) is 5.54 Å². The van der Waals surface area contributed by atoms with Crippen molar-refractivity contribution in [3.05, 3.63) is 23.9 Å². The molecule has 2 nitrogen and oxygen atoms in total. The van der Waals surface area contributed by atoms with Crippen molar-refractivity contribution in [1.29, 1.82) is 0 Å². The standard InChI is InChI=1S/C14H21ClN2/c1-11-3-6-14(10-15,7-4-11)17-13-9-12(2)5-8-16-13/h5,8-9,11H,3-4,6-7,10H2,1-2H3,(H,16,17). The van der Waals surface area contributed by atoms with E-state index in [1.807, 2.05) is 12.3 Å². The van der Waals surface area contributed by atoms with Crippen LogP contribution in [0.3, 0.4) is 0 Å². The first-order valence-corrected chi connectivity index (χ1v) is 6.94. The second kappa shape index (κ2) is 5.26. The quantitative estimate of drug-likeness (QED) is 0.823. The molecule has 3 heteroatoms. The maximum atomic E-state index is 6.18. The fourth-order valence-electron chi connectivity index (χ4n) is 2.48. The number of aryl methyl sites for hydroxylation is 1. The number of anilines is 1. The van der Waals surface area contributed by atoms with Crippen LogP contribution in [0.2, 0.25) is 0 Å². The van der Waals surface area contributed by atoms with Crippen LogP contribution >= 0.6 is 11.6 Å². The minimum absolute atomic E-state index is 0.0505. The van der Waals surface area contributed by atoms with Gasteiger partial charge in [0.2, 0.25) is 0 Å². The predicted molar refractivity (Wildman–Crippen MR) is 73.7 cm³/mol. The summed E-state index contributed by atoms with van der Waals surface area (Å²) in [6, 6.07) is 4.10. The highest BCUT2D eigenvalue weighted by atomic mass is 35.5. The van der Waals surface area contributed by atoms with Crippen molar-refractivity contribution in [1.82, 2.24) is 4.98 Å². The lowest BCUT2D eigenvalue weighted by atomic mass is 9.78. The lowest BCUT2D eigenvalue weighted by Crippen LogP contribution is -2.43. The predicted octanol–water partition coefficient (Wildman–Crippen LogP) is 3.99. The number of pyridine rings is 1. The average Bonchev–Trinajstić information content (AvgIpc) is 2.33. The number of hydrogen-bond donors (Lipinski definition) is 1. The van der Waals surface area contributed by atoms with Crippen LogP contribution in [0.1, 0.15) is 38.2 Å². The molecule has 1 N–H and O–H groups in total. The van der Waals surface area contributed by atoms with Crippen LogP contribution < -0.4 is 5.32 Å². The molecular formula is C14H21ClN2. The molecule has 0 aliphatic heterocycles. The molecule has 2 rings (SSSR count). The number of aromatic nitrogens is 1. The van der Waals surface area contributed by atoms with Gasteiger partial charge in [0, 0.05) is 12.1 Å². The van der Waals surface area contributed by atoms with E-state index < -0.39 is 0 Å². The second-order valence-electron chi connectivity index (χ2n) is 5.44. The van der Waals surface area contributed by atoms with Crippen LogP contribution in [0.25, 0.3) is 0 Å². The normalized spacial score (nSPS) is 29.0. The molecule has 0 atom stereocenters. The SMILES string of the molecule is Cc1ccnc(NC2(CCl)CCC(C)CC2)c1. The highest BCUT2D eigenvalue weighted by Crippen LogP contribution is 2.35. The van der Waals surface area contributed by atoms with E-state index in [1.54, 1.807) is 0 Å². The van der Waals surface area contributed by atoms with E-state index in [4.69, 9.17) is 11.6 Å². The van der Waals surface area contributed by atoms with Gasteiger partial charge < -0.3 is 5.32 Å². The molecule has 1 heterocycles. The third-order valence-corrected chi connectivity index (χ3v) is 4.31. The van der Waals surface area contributed by atoms with E-state index in [-0.39, 0.29) is 5.54 Å². The third kappa shape index (κ3) is 3.12. The van der Waals surface area contributed by atoms with Gasteiger partial charge in [-0.3, -0.25) is 0 Å². The molecule has 0 amide bonds. The summed E-state index contributed by atoms with van der Waals surface area (Å²) in [6.45, 7) is 4.41. The monoisotopic (exact) mass is 252 g/mol. The Balaban J connectivity index is 2.09. The number of nitrogens with one attached hydrogen (secondary N) is 1. The van der Waals surface area contributed by atoms with Crippen molar-refractivity contribution >= 4 is 17.4 Å². The van der Waals surface area contributed by atoms with Crippen molar-refractivity contribution in [2.45, 2.75) is 45.1 Å². The molecule has 1 aliphatic carbocycles. The molecule has 1 aromatic rings. The molecule has 17 heavy (non-hydrogen) atoms. The summed E-state index contributed by atoms with van der Waals surface area (Å²) in [4.78, 5) is 4.38. The Morgan fingerprint density at radius 1 is 1.47 bits per heavy atom. The van der Waals surface area contributed by atoms with E-state index in [9.17, 15) is 0 Å². The largest absolute Gasteiger partial charge is 0.363 e. The molecule has 1 aromatic heterocycles. The van der Waals surface area contributed by atoms with Gasteiger partial charge in [-0.1, -0.05) is 6.92 Å². The molecular weight excluding hydrogens is 232 g/mol. The molecule has 1 aliphatic rings. The van der Waals surface area contributed by atoms with E-state index in [2.05, 4.69) is 30.2 Å². The van der Waals surface area contributed by atoms with Gasteiger partial charge in [-0.25, -0.2) is 4.98 Å². The molecule has 0 aromatic carbocycles. The third-order valence-electron chi connectivity index (χ3n) is 3.80. The van der Waals surface area contributed by atoms with Crippen molar-refractivity contribution in [3.8, 4) is 0 Å². The summed E-state index contributed by atoms with van der Waals surface area (Å²) in [5, 5.41) is 3.56. The molecule has 0 spiro atoms. The summed E-state index contributed by atoms with van der Waals surface area (Å²) >= 11 is 6.18. The van der Waals surface area contributed by atoms with Crippen molar-refractivity contribution in [2.75, 3.05) is 11.2 Å². The van der Waals surface area contributed by atoms with Crippen molar-refractivity contribution in [3.63, 3.8) is 0 Å². The molecule has 1 saturated carbocycles. The summed E-state index contributed by atoms with van der Waals surface area (Å²) in [7, 11) is 0. The summed E-state index contributed by atoms with van der Waals surface area (Å²) in [5.74, 6) is 2.45. The summed E-state index contributed by atoms with van der Waals surface area (Å²) in [6.07, 6.45) is 6.66. The molecule has 0 saturated heterocycles. The first-order chi connectivity index (χ1) is 8.13. The molecule has 0 radical (unpaired) electrons. The Morgan fingerprint density at radius 2 is 2.18 bits per heavy atom. The maximum Gasteiger partial charge on any atom is 0.126 e. The van der Waals surface area contributed by atoms with Crippen LogP contribution in [0.5, 0.6) is 0 Å². The van der Waals surface area contributed by atoms with Crippen molar-refractivity contribution in [2.24, 2.45) is 5.92 Å². The zero-order valence-electron chi connectivity index (χ0n) is 10.7. The smallest absolute Gasteiger partial charge is 0.126 e. The number of halogens is 1. The van der Waals surface area contributed by atoms with Crippen LogP contribution in [-0.2, 0) is 0 Å². The Morgan fingerprint density at radius 3 is 2.76 bits per heavy atom. The second-order valence-corrected chi connectivity index (χ2v) is 5.71. The molecule has 94 valence electrons. The highest BCUT2D eigenvalue weighted by molar-refractivity contribution is 6.18. The van der Waals surface area contributed by atoms with Crippen LogP contribution in [0.15, 0.2) is 18.3 Å². The maximum absolute atomic E-state index is 6.18. The lowest BCUT2D eigenvalue weighted by molar-refractivity contribution is 0.286. The first kappa shape index (κ1) is 12.7. The zero-order chi connectivity index (χ0) is 12.3. The van der Waals surface area contributed by atoms with Gasteiger partial charge in [-0.2, -0.15) is 0 Å². The van der Waals surface area contributed by atoms with Gasteiger partial charge in [0.15, 0.2) is 0 Å². The average molecular weight is 253 g/mol. The first-order valence-electron chi connectivity index (χ1n) is 6.40. The Bertz CT molecular complexity index is 370. The minimum Gasteiger partial charge on any atom is -0.363 e. The van der Waals surface area contributed by atoms with Crippen LogP contribution in [0, 0.1) is 12.8 Å². The Kier molecular flexibility index (Phi) is 3.93. The van der Waals surface area contributed by atoms with Gasteiger partial charge >= 0.3 is 0 Å². The lowest BCUT2D eigenvalue weighted by Gasteiger charge is -2.39. The van der Waals surface area contributed by atoms with Crippen molar-refractivity contribution < 1.29 is 0 Å². The highest BCUT2D eigenvalue weighted by Gasteiger charge is 2.33. The Labute approximate surface area is 109 Å². The van der Waals surface area contributed by atoms with E-state index >= 15 is 0 Å². The topological polar surface area (TPSA) is 24.9 Å². The number of nitrogens with zero attached hydrogens (tertiary/aromatic N) is 1. The number of rotatable bonds is 3. The van der Waals surface area contributed by atoms with Gasteiger partial charge in [-0.15, -0.1) is 11.6 Å². The zero-order valence-corrected chi connectivity index (χ0v) is 11.4. The van der Waals surface area contributed by atoms with Crippen LogP contribution in [-0.4, -0.2) is 16.4 Å². The van der Waals surface area contributed by atoms with Gasteiger partial charge in [0.1, 0.15) is 5.82 Å². The van der Waals surface area contributed by atoms with E-state index in [1.165, 1.54) is 18.4 Å². The van der Waals surface area contributed by atoms with E-state index in [0.717, 1.165) is 24.6 Å². The molecule has 0 unspecified atom stereocenters. The fraction of sp³-hybridized carbons (Fsp3) is 0.643. The number of alkyl halides is 1. The van der Waals surface area contributed by atoms with E-state index in [0.29, 0.717) is 5.88 Å². The summed E-state index contributed by atoms with van der Waals surface area (Å²) < 4.78 is 0. The van der Waals surface area contributed by atoms with Gasteiger partial charge in [-0.05, 0) is 56.2 Å².